The van der Waals surface area contributed by atoms with Gasteiger partial charge in [-0.15, -0.1) is 0 Å². The number of nitrogen functional groups attached to an aromatic ring is 1. The van der Waals surface area contributed by atoms with Crippen LogP contribution in [0.1, 0.15) is 18.4 Å². The second-order valence-corrected chi connectivity index (χ2v) is 3.97. The van der Waals surface area contributed by atoms with Crippen molar-refractivity contribution in [1.82, 2.24) is 5.16 Å². The topological polar surface area (TPSA) is 73.3 Å². The van der Waals surface area contributed by atoms with Crippen molar-refractivity contribution in [3.8, 4) is 5.75 Å². The molecule has 1 aromatic heterocycles. The van der Waals surface area contributed by atoms with Crippen LogP contribution in [0.25, 0.3) is 0 Å². The number of rotatable bonds is 5. The Balaban J connectivity index is 2.03. The third-order valence-electron chi connectivity index (χ3n) is 2.46. The highest BCUT2D eigenvalue weighted by molar-refractivity contribution is 5.61. The molecule has 1 aromatic carbocycles. The van der Waals surface area contributed by atoms with E-state index in [1.54, 1.807) is 0 Å². The molecule has 0 unspecified atom stereocenters. The summed E-state index contributed by atoms with van der Waals surface area (Å²) in [4.78, 5) is 0. The van der Waals surface area contributed by atoms with E-state index in [0.717, 1.165) is 17.1 Å². The van der Waals surface area contributed by atoms with Gasteiger partial charge >= 0.3 is 0 Å². The number of hydrogen-bond donors (Lipinski definition) is 2. The second-order valence-electron chi connectivity index (χ2n) is 3.97. The Morgan fingerprint density at radius 1 is 1.39 bits per heavy atom. The molecule has 2 rings (SSSR count). The van der Waals surface area contributed by atoms with Crippen molar-refractivity contribution in [3.63, 3.8) is 0 Å². The van der Waals surface area contributed by atoms with E-state index in [0.29, 0.717) is 24.6 Å². The smallest absolute Gasteiger partial charge is 0.144 e. The van der Waals surface area contributed by atoms with Gasteiger partial charge in [0.25, 0.3) is 0 Å². The number of ether oxygens (including phenoxy) is 1. The summed E-state index contributed by atoms with van der Waals surface area (Å²) in [6.45, 7) is 4.99. The van der Waals surface area contributed by atoms with E-state index in [9.17, 15) is 0 Å². The van der Waals surface area contributed by atoms with Gasteiger partial charge in [0.2, 0.25) is 0 Å². The molecule has 0 fully saturated rings. The van der Waals surface area contributed by atoms with E-state index >= 15 is 0 Å². The van der Waals surface area contributed by atoms with Gasteiger partial charge in [-0.05, 0) is 26.0 Å². The number of anilines is 2. The minimum Gasteiger partial charge on any atom is -0.492 e. The zero-order chi connectivity index (χ0) is 13.0. The molecule has 0 aliphatic heterocycles. The van der Waals surface area contributed by atoms with Crippen molar-refractivity contribution in [2.24, 2.45) is 0 Å². The van der Waals surface area contributed by atoms with E-state index in [-0.39, 0.29) is 0 Å². The average molecular weight is 247 g/mol. The summed E-state index contributed by atoms with van der Waals surface area (Å²) in [5, 5.41) is 7.16. The molecule has 0 aliphatic rings. The third-order valence-corrected chi connectivity index (χ3v) is 2.46. The molecule has 3 N–H and O–H groups in total. The fourth-order valence-electron chi connectivity index (χ4n) is 1.62. The Labute approximate surface area is 106 Å². The lowest BCUT2D eigenvalue weighted by molar-refractivity contribution is 0.342. The van der Waals surface area contributed by atoms with Crippen LogP contribution < -0.4 is 15.8 Å². The van der Waals surface area contributed by atoms with Crippen LogP contribution in [0.15, 0.2) is 28.8 Å². The van der Waals surface area contributed by atoms with Gasteiger partial charge in [-0.3, -0.25) is 0 Å². The first-order chi connectivity index (χ1) is 8.69. The highest BCUT2D eigenvalue weighted by Gasteiger charge is 2.03. The van der Waals surface area contributed by atoms with Crippen LogP contribution in [-0.2, 0) is 6.54 Å². The van der Waals surface area contributed by atoms with Crippen LogP contribution in [0, 0.1) is 6.92 Å². The Kier molecular flexibility index (Phi) is 3.72. The quantitative estimate of drug-likeness (QED) is 0.794. The second kappa shape index (κ2) is 5.44. The summed E-state index contributed by atoms with van der Waals surface area (Å²) in [5.74, 6) is 1.50. The van der Waals surface area contributed by atoms with Crippen LogP contribution in [0.2, 0.25) is 0 Å². The molecule has 0 saturated carbocycles. The lowest BCUT2D eigenvalue weighted by Gasteiger charge is -2.10. The molecule has 0 atom stereocenters. The zero-order valence-corrected chi connectivity index (χ0v) is 10.6. The lowest BCUT2D eigenvalue weighted by atomic mass is 10.2. The lowest BCUT2D eigenvalue weighted by Crippen LogP contribution is -2.02. The Morgan fingerprint density at radius 3 is 2.89 bits per heavy atom. The van der Waals surface area contributed by atoms with Crippen LogP contribution in [0.3, 0.4) is 0 Å². The number of nitrogens with two attached hydrogens (primary N) is 1. The number of nitrogens with zero attached hydrogens (tertiary/aromatic N) is 1. The summed E-state index contributed by atoms with van der Waals surface area (Å²) in [5.41, 5.74) is 8.25. The van der Waals surface area contributed by atoms with E-state index < -0.39 is 0 Å². The van der Waals surface area contributed by atoms with Gasteiger partial charge in [-0.2, -0.15) is 0 Å². The molecule has 2 aromatic rings. The molecule has 0 aliphatic carbocycles. The molecule has 0 radical (unpaired) electrons. The monoisotopic (exact) mass is 247 g/mol. The van der Waals surface area contributed by atoms with Crippen molar-refractivity contribution in [3.05, 3.63) is 35.7 Å². The first-order valence-corrected chi connectivity index (χ1v) is 5.87. The maximum atomic E-state index is 5.81. The predicted molar refractivity (Wildman–Crippen MR) is 70.6 cm³/mol. The molecule has 1 heterocycles. The van der Waals surface area contributed by atoms with Crippen molar-refractivity contribution in [2.75, 3.05) is 17.7 Å². The summed E-state index contributed by atoms with van der Waals surface area (Å²) >= 11 is 0. The number of nitrogens with one attached hydrogen (secondary N) is 1. The summed E-state index contributed by atoms with van der Waals surface area (Å²) in [6.07, 6.45) is 0. The van der Waals surface area contributed by atoms with Gasteiger partial charge in [0.05, 0.1) is 18.8 Å². The van der Waals surface area contributed by atoms with E-state index in [2.05, 4.69) is 10.5 Å². The van der Waals surface area contributed by atoms with Gasteiger partial charge in [-0.1, -0.05) is 5.16 Å². The van der Waals surface area contributed by atoms with Crippen LogP contribution >= 0.6 is 0 Å². The molecule has 0 spiro atoms. The molecule has 5 heteroatoms. The number of aryl methyl sites for hydroxylation is 1. The van der Waals surface area contributed by atoms with Gasteiger partial charge in [0.1, 0.15) is 17.2 Å². The van der Waals surface area contributed by atoms with E-state index in [1.807, 2.05) is 38.1 Å². The van der Waals surface area contributed by atoms with E-state index in [1.165, 1.54) is 0 Å². The molecule has 0 saturated heterocycles. The maximum absolute atomic E-state index is 5.81. The molecular formula is C13H17N3O2. The molecule has 96 valence electrons. The van der Waals surface area contributed by atoms with Crippen LogP contribution in [0.5, 0.6) is 5.75 Å². The molecule has 0 bridgehead atoms. The normalized spacial score (nSPS) is 10.3. The number of hydrogen-bond acceptors (Lipinski definition) is 5. The molecule has 18 heavy (non-hydrogen) atoms. The minimum atomic E-state index is 0.593. The Bertz CT molecular complexity index is 523. The first-order valence-electron chi connectivity index (χ1n) is 5.87. The van der Waals surface area contributed by atoms with Crippen molar-refractivity contribution in [1.29, 1.82) is 0 Å². The van der Waals surface area contributed by atoms with Crippen molar-refractivity contribution >= 4 is 11.4 Å². The average Bonchev–Trinajstić information content (AvgIpc) is 2.76. The largest absolute Gasteiger partial charge is 0.492 e. The van der Waals surface area contributed by atoms with Crippen LogP contribution in [-0.4, -0.2) is 11.8 Å². The summed E-state index contributed by atoms with van der Waals surface area (Å²) in [6, 6.07) is 7.51. The standard InChI is InChI=1S/C13H17N3O2/c1-3-17-13-7-10(4-5-12(13)14)15-8-11-6-9(2)18-16-11/h4-7,15H,3,8,14H2,1-2H3. The summed E-state index contributed by atoms with van der Waals surface area (Å²) in [7, 11) is 0. The van der Waals surface area contributed by atoms with Gasteiger partial charge in [0, 0.05) is 17.8 Å². The van der Waals surface area contributed by atoms with Crippen molar-refractivity contribution in [2.45, 2.75) is 20.4 Å². The SMILES string of the molecule is CCOc1cc(NCc2cc(C)on2)ccc1N. The van der Waals surface area contributed by atoms with Crippen LogP contribution in [0.4, 0.5) is 11.4 Å². The van der Waals surface area contributed by atoms with Gasteiger partial charge in [0.15, 0.2) is 0 Å². The van der Waals surface area contributed by atoms with Gasteiger partial charge < -0.3 is 20.3 Å². The first kappa shape index (κ1) is 12.3. The zero-order valence-electron chi connectivity index (χ0n) is 10.6. The Hall–Kier alpha value is -2.17. The van der Waals surface area contributed by atoms with Crippen molar-refractivity contribution < 1.29 is 9.26 Å². The fraction of sp³-hybridized carbons (Fsp3) is 0.308. The Morgan fingerprint density at radius 2 is 2.22 bits per heavy atom. The number of aromatic nitrogens is 1. The highest BCUT2D eigenvalue weighted by Crippen LogP contribution is 2.25. The predicted octanol–water partition coefficient (Wildman–Crippen LogP) is 2.58. The third kappa shape index (κ3) is 2.94. The minimum absolute atomic E-state index is 0.593. The highest BCUT2D eigenvalue weighted by atomic mass is 16.5. The fourth-order valence-corrected chi connectivity index (χ4v) is 1.62. The molecule has 5 nitrogen and oxygen atoms in total. The molecule has 0 amide bonds. The van der Waals surface area contributed by atoms with Gasteiger partial charge in [-0.25, -0.2) is 0 Å². The number of benzene rings is 1. The molecular weight excluding hydrogens is 230 g/mol. The van der Waals surface area contributed by atoms with E-state index in [4.69, 9.17) is 15.0 Å². The summed E-state index contributed by atoms with van der Waals surface area (Å²) < 4.78 is 10.4. The maximum Gasteiger partial charge on any atom is 0.144 e.